The lowest BCUT2D eigenvalue weighted by Gasteiger charge is -2.27. The molecule has 0 aromatic heterocycles. The third-order valence-electron chi connectivity index (χ3n) is 3.99. The third kappa shape index (κ3) is 5.09. The third-order valence-corrected chi connectivity index (χ3v) is 5.41. The van der Waals surface area contributed by atoms with Crippen molar-refractivity contribution < 1.29 is 5.21 Å². The van der Waals surface area contributed by atoms with Gasteiger partial charge >= 0.3 is 0 Å². The normalized spacial score (nSPS) is 26.3. The van der Waals surface area contributed by atoms with E-state index in [1.807, 2.05) is 13.8 Å². The van der Waals surface area contributed by atoms with Crippen LogP contribution in [0.15, 0.2) is 5.16 Å². The Bertz CT molecular complexity index is 279. The molecule has 2 unspecified atom stereocenters. The fourth-order valence-corrected chi connectivity index (χ4v) is 4.00. The number of rotatable bonds is 6. The topological polar surface area (TPSA) is 58.6 Å². The molecule has 0 amide bonds. The highest BCUT2D eigenvalue weighted by Crippen LogP contribution is 2.33. The Morgan fingerprint density at radius 2 is 2.17 bits per heavy atom. The van der Waals surface area contributed by atoms with Crippen LogP contribution in [0, 0.1) is 11.3 Å². The minimum atomic E-state index is -0.185. The maximum Gasteiger partial charge on any atom is 0.144 e. The van der Waals surface area contributed by atoms with Crippen LogP contribution >= 0.6 is 11.8 Å². The number of oxime groups is 1. The zero-order valence-electron chi connectivity index (χ0n) is 12.0. The molecule has 0 aliphatic heterocycles. The number of nitrogens with zero attached hydrogens (tertiary/aromatic N) is 1. The monoisotopic (exact) mass is 272 g/mol. The second kappa shape index (κ2) is 7.27. The highest BCUT2D eigenvalue weighted by molar-refractivity contribution is 7.99. The van der Waals surface area contributed by atoms with Crippen LogP contribution in [-0.4, -0.2) is 22.0 Å². The first-order chi connectivity index (χ1) is 8.45. The maximum atomic E-state index is 8.72. The molecule has 2 atom stereocenters. The molecule has 0 bridgehead atoms. The van der Waals surface area contributed by atoms with Crippen LogP contribution in [0.25, 0.3) is 0 Å². The van der Waals surface area contributed by atoms with E-state index in [4.69, 9.17) is 10.9 Å². The van der Waals surface area contributed by atoms with Gasteiger partial charge in [0.15, 0.2) is 0 Å². The number of thioether (sulfide) groups is 1. The van der Waals surface area contributed by atoms with Crippen LogP contribution in [0.3, 0.4) is 0 Å². The molecule has 1 aliphatic carbocycles. The highest BCUT2D eigenvalue weighted by atomic mass is 32.2. The first-order valence-corrected chi connectivity index (χ1v) is 8.10. The van der Waals surface area contributed by atoms with E-state index in [1.54, 1.807) is 0 Å². The van der Waals surface area contributed by atoms with Gasteiger partial charge in [-0.2, -0.15) is 11.8 Å². The number of hydrogen-bond donors (Lipinski definition) is 2. The summed E-state index contributed by atoms with van der Waals surface area (Å²) >= 11 is 2.12. The van der Waals surface area contributed by atoms with E-state index in [-0.39, 0.29) is 5.41 Å². The van der Waals surface area contributed by atoms with Crippen LogP contribution in [0.2, 0.25) is 0 Å². The van der Waals surface area contributed by atoms with E-state index in [2.05, 4.69) is 23.8 Å². The average Bonchev–Trinajstić information content (AvgIpc) is 2.33. The molecule has 0 aromatic rings. The molecule has 0 aromatic carbocycles. The number of nitrogens with two attached hydrogens (primary N) is 1. The Labute approximate surface area is 116 Å². The molecule has 4 heteroatoms. The average molecular weight is 272 g/mol. The van der Waals surface area contributed by atoms with E-state index < -0.39 is 0 Å². The van der Waals surface area contributed by atoms with Crippen molar-refractivity contribution in [1.29, 1.82) is 0 Å². The summed E-state index contributed by atoms with van der Waals surface area (Å²) in [6.07, 6.45) is 7.70. The second-order valence-electron chi connectivity index (χ2n) is 6.24. The molecule has 106 valence electrons. The van der Waals surface area contributed by atoms with Gasteiger partial charge in [0, 0.05) is 10.7 Å². The predicted molar refractivity (Wildman–Crippen MR) is 80.3 cm³/mol. The minimum absolute atomic E-state index is 0.185. The van der Waals surface area contributed by atoms with Crippen molar-refractivity contribution in [3.05, 3.63) is 0 Å². The van der Waals surface area contributed by atoms with Gasteiger partial charge in [-0.15, -0.1) is 0 Å². The van der Waals surface area contributed by atoms with E-state index in [0.29, 0.717) is 5.84 Å². The molecule has 0 heterocycles. The second-order valence-corrected chi connectivity index (χ2v) is 7.65. The Morgan fingerprint density at radius 1 is 1.44 bits per heavy atom. The Balaban J connectivity index is 2.18. The molecule has 1 aliphatic rings. The van der Waals surface area contributed by atoms with Gasteiger partial charge in [-0.3, -0.25) is 0 Å². The van der Waals surface area contributed by atoms with Gasteiger partial charge < -0.3 is 10.9 Å². The van der Waals surface area contributed by atoms with Crippen LogP contribution in [0.1, 0.15) is 59.3 Å². The van der Waals surface area contributed by atoms with Gasteiger partial charge in [-0.05, 0) is 37.4 Å². The highest BCUT2D eigenvalue weighted by Gasteiger charge is 2.23. The van der Waals surface area contributed by atoms with Gasteiger partial charge in [-0.1, -0.05) is 38.8 Å². The van der Waals surface area contributed by atoms with Gasteiger partial charge in [0.05, 0.1) is 0 Å². The lowest BCUT2D eigenvalue weighted by atomic mass is 9.87. The van der Waals surface area contributed by atoms with Crippen LogP contribution in [0.5, 0.6) is 0 Å². The molecule has 1 rings (SSSR count). The van der Waals surface area contributed by atoms with Crippen molar-refractivity contribution in [2.24, 2.45) is 22.2 Å². The van der Waals surface area contributed by atoms with Crippen molar-refractivity contribution in [2.45, 2.75) is 64.5 Å². The zero-order chi connectivity index (χ0) is 13.6. The Kier molecular flexibility index (Phi) is 6.33. The minimum Gasteiger partial charge on any atom is -0.409 e. The molecule has 0 radical (unpaired) electrons. The fourth-order valence-electron chi connectivity index (χ4n) is 2.56. The van der Waals surface area contributed by atoms with Gasteiger partial charge in [-0.25, -0.2) is 0 Å². The number of amidine groups is 1. The molecule has 1 saturated carbocycles. The van der Waals surface area contributed by atoms with E-state index in [0.717, 1.165) is 24.0 Å². The Hall–Kier alpha value is -0.380. The van der Waals surface area contributed by atoms with Crippen molar-refractivity contribution in [3.63, 3.8) is 0 Å². The van der Waals surface area contributed by atoms with Crippen LogP contribution < -0.4 is 5.73 Å². The summed E-state index contributed by atoms with van der Waals surface area (Å²) in [6.45, 7) is 6.44. The molecular weight excluding hydrogens is 244 g/mol. The smallest absolute Gasteiger partial charge is 0.144 e. The summed E-state index contributed by atoms with van der Waals surface area (Å²) in [7, 11) is 0. The van der Waals surface area contributed by atoms with E-state index >= 15 is 0 Å². The quantitative estimate of drug-likeness (QED) is 0.254. The number of hydrogen-bond acceptors (Lipinski definition) is 3. The predicted octanol–water partition coefficient (Wildman–Crippen LogP) is 3.85. The summed E-state index contributed by atoms with van der Waals surface area (Å²) in [5, 5.41) is 12.7. The van der Waals surface area contributed by atoms with Gasteiger partial charge in [0.2, 0.25) is 0 Å². The maximum absolute atomic E-state index is 8.72. The summed E-state index contributed by atoms with van der Waals surface area (Å²) < 4.78 is 0. The van der Waals surface area contributed by atoms with Crippen molar-refractivity contribution in [2.75, 3.05) is 5.75 Å². The van der Waals surface area contributed by atoms with Crippen molar-refractivity contribution in [3.8, 4) is 0 Å². The van der Waals surface area contributed by atoms with E-state index in [1.165, 1.54) is 31.4 Å². The molecule has 0 saturated heterocycles. The summed E-state index contributed by atoms with van der Waals surface area (Å²) in [5.74, 6) is 2.45. The fraction of sp³-hybridized carbons (Fsp3) is 0.929. The summed E-state index contributed by atoms with van der Waals surface area (Å²) in [5.41, 5.74) is 5.50. The summed E-state index contributed by atoms with van der Waals surface area (Å²) in [6, 6.07) is 0. The van der Waals surface area contributed by atoms with Gasteiger partial charge in [0.25, 0.3) is 0 Å². The molecule has 0 spiro atoms. The molecule has 3 nitrogen and oxygen atoms in total. The largest absolute Gasteiger partial charge is 0.409 e. The molecule has 1 fully saturated rings. The Morgan fingerprint density at radius 3 is 2.78 bits per heavy atom. The molecule has 18 heavy (non-hydrogen) atoms. The first-order valence-electron chi connectivity index (χ1n) is 7.05. The SMILES string of the molecule is CC1CCCC(SCCCC(C)(C)C(N)=NO)C1. The van der Waals surface area contributed by atoms with Crippen molar-refractivity contribution >= 4 is 17.6 Å². The van der Waals surface area contributed by atoms with Gasteiger partial charge in [0.1, 0.15) is 5.84 Å². The lowest BCUT2D eigenvalue weighted by molar-refractivity contribution is 0.305. The van der Waals surface area contributed by atoms with Crippen LogP contribution in [0.4, 0.5) is 0 Å². The van der Waals surface area contributed by atoms with E-state index in [9.17, 15) is 0 Å². The van der Waals surface area contributed by atoms with Crippen molar-refractivity contribution in [1.82, 2.24) is 0 Å². The first kappa shape index (κ1) is 15.7. The van der Waals surface area contributed by atoms with Crippen LogP contribution in [-0.2, 0) is 0 Å². The molecular formula is C14H28N2OS. The zero-order valence-corrected chi connectivity index (χ0v) is 12.8. The molecule has 3 N–H and O–H groups in total. The summed E-state index contributed by atoms with van der Waals surface area (Å²) in [4.78, 5) is 0. The standard InChI is InChI=1S/C14H28N2OS/c1-11-6-4-7-12(10-11)18-9-5-8-14(2,3)13(15)16-17/h11-12,17H,4-10H2,1-3H3,(H2,15,16). The lowest BCUT2D eigenvalue weighted by Crippen LogP contribution is -2.32.